The van der Waals surface area contributed by atoms with Crippen molar-refractivity contribution in [1.82, 2.24) is 10.2 Å². The lowest BCUT2D eigenvalue weighted by Crippen LogP contribution is -2.38. The smallest absolute Gasteiger partial charge is 0.327 e. The second kappa shape index (κ2) is 9.50. The lowest BCUT2D eigenvalue weighted by atomic mass is 9.96. The summed E-state index contributed by atoms with van der Waals surface area (Å²) in [6, 6.07) is 7.53. The average Bonchev–Trinajstić information content (AvgIpc) is 2.48. The maximum Gasteiger partial charge on any atom is 0.327 e. The van der Waals surface area contributed by atoms with E-state index in [0.29, 0.717) is 5.92 Å². The Kier molecular flexibility index (Phi) is 8.39. The molecule has 2 rings (SSSR count). The van der Waals surface area contributed by atoms with Crippen molar-refractivity contribution in [2.75, 3.05) is 33.8 Å². The first kappa shape index (κ1) is 19.4. The van der Waals surface area contributed by atoms with Crippen molar-refractivity contribution in [1.29, 1.82) is 0 Å². The minimum atomic E-state index is -0.345. The molecular formula is C16H24BrClN2O2. The monoisotopic (exact) mass is 390 g/mol. The van der Waals surface area contributed by atoms with Crippen LogP contribution in [0.4, 0.5) is 0 Å². The van der Waals surface area contributed by atoms with Crippen molar-refractivity contribution in [2.45, 2.75) is 18.9 Å². The van der Waals surface area contributed by atoms with Gasteiger partial charge in [0.15, 0.2) is 0 Å². The molecule has 1 aliphatic heterocycles. The summed E-state index contributed by atoms with van der Waals surface area (Å²) in [4.78, 5) is 14.3. The summed E-state index contributed by atoms with van der Waals surface area (Å²) >= 11 is 3.47. The molecule has 0 amide bonds. The number of hydrogen-bond acceptors (Lipinski definition) is 4. The second-order valence-electron chi connectivity index (χ2n) is 5.61. The van der Waals surface area contributed by atoms with Gasteiger partial charge in [-0.25, -0.2) is 4.79 Å². The van der Waals surface area contributed by atoms with Crippen LogP contribution in [0, 0.1) is 5.92 Å². The molecule has 0 bridgehead atoms. The Morgan fingerprint density at radius 3 is 2.73 bits per heavy atom. The fourth-order valence-corrected chi connectivity index (χ4v) is 3.35. The third-order valence-corrected chi connectivity index (χ3v) is 4.53. The van der Waals surface area contributed by atoms with Crippen molar-refractivity contribution in [2.24, 2.45) is 5.92 Å². The van der Waals surface area contributed by atoms with E-state index in [1.54, 1.807) is 0 Å². The van der Waals surface area contributed by atoms with E-state index in [2.05, 4.69) is 26.1 Å². The molecule has 124 valence electrons. The van der Waals surface area contributed by atoms with Gasteiger partial charge in [0.25, 0.3) is 0 Å². The molecule has 0 aromatic heterocycles. The van der Waals surface area contributed by atoms with Crippen molar-refractivity contribution < 1.29 is 9.53 Å². The van der Waals surface area contributed by atoms with Crippen LogP contribution < -0.4 is 5.32 Å². The molecule has 1 aromatic carbocycles. The van der Waals surface area contributed by atoms with Crippen molar-refractivity contribution in [3.63, 3.8) is 0 Å². The molecular weight excluding hydrogens is 368 g/mol. The van der Waals surface area contributed by atoms with Crippen molar-refractivity contribution in [3.8, 4) is 0 Å². The predicted molar refractivity (Wildman–Crippen MR) is 94.4 cm³/mol. The van der Waals surface area contributed by atoms with Crippen LogP contribution in [0.15, 0.2) is 28.7 Å². The molecule has 4 nitrogen and oxygen atoms in total. The van der Waals surface area contributed by atoms with Gasteiger partial charge in [-0.05, 0) is 56.6 Å². The lowest BCUT2D eigenvalue weighted by Gasteiger charge is -2.32. The minimum Gasteiger partial charge on any atom is -0.468 e. The molecule has 0 spiro atoms. The standard InChI is InChI=1S/C16H23BrN2O2.ClH/c1-19(11-12-6-8-18-9-7-12)15(16(20)21-2)13-4-3-5-14(17)10-13;/h3-5,10,12,15,18H,6-9,11H2,1-2H3;1H. The number of nitrogens with zero attached hydrogens (tertiary/aromatic N) is 1. The highest BCUT2D eigenvalue weighted by atomic mass is 79.9. The summed E-state index contributed by atoms with van der Waals surface area (Å²) in [5, 5.41) is 3.37. The molecule has 6 heteroatoms. The summed E-state index contributed by atoms with van der Waals surface area (Å²) in [7, 11) is 3.45. The van der Waals surface area contributed by atoms with Gasteiger partial charge in [0.2, 0.25) is 0 Å². The third kappa shape index (κ3) is 5.23. The number of carbonyl (C=O) groups is 1. The van der Waals surface area contributed by atoms with Crippen LogP contribution in [0.1, 0.15) is 24.4 Å². The van der Waals surface area contributed by atoms with Crippen LogP contribution in [0.5, 0.6) is 0 Å². The summed E-state index contributed by atoms with van der Waals surface area (Å²) in [6.45, 7) is 3.05. The Labute approximate surface area is 147 Å². The number of ether oxygens (including phenoxy) is 1. The Balaban J connectivity index is 0.00000242. The number of benzene rings is 1. The zero-order valence-electron chi connectivity index (χ0n) is 13.0. The molecule has 0 radical (unpaired) electrons. The lowest BCUT2D eigenvalue weighted by molar-refractivity contribution is -0.147. The molecule has 1 heterocycles. The topological polar surface area (TPSA) is 41.6 Å². The van der Waals surface area contributed by atoms with Crippen LogP contribution in [-0.4, -0.2) is 44.7 Å². The highest BCUT2D eigenvalue weighted by Gasteiger charge is 2.28. The maximum absolute atomic E-state index is 12.2. The summed E-state index contributed by atoms with van der Waals surface area (Å²) in [5.74, 6) is 0.431. The SMILES string of the molecule is COC(=O)C(c1cccc(Br)c1)N(C)CC1CCNCC1.Cl. The molecule has 1 aromatic rings. The van der Waals surface area contributed by atoms with E-state index >= 15 is 0 Å². The molecule has 1 N–H and O–H groups in total. The number of methoxy groups -OCH3 is 1. The molecule has 1 aliphatic rings. The first-order valence-electron chi connectivity index (χ1n) is 7.36. The number of nitrogens with one attached hydrogen (secondary N) is 1. The Morgan fingerprint density at radius 1 is 1.45 bits per heavy atom. The number of piperidine rings is 1. The summed E-state index contributed by atoms with van der Waals surface area (Å²) in [6.07, 6.45) is 2.33. The van der Waals surface area contributed by atoms with Gasteiger partial charge in [0.05, 0.1) is 7.11 Å². The third-order valence-electron chi connectivity index (χ3n) is 4.03. The van der Waals surface area contributed by atoms with Gasteiger partial charge >= 0.3 is 5.97 Å². The quantitative estimate of drug-likeness (QED) is 0.784. The van der Waals surface area contributed by atoms with E-state index in [1.807, 2.05) is 31.3 Å². The molecule has 1 atom stereocenters. The summed E-state index contributed by atoms with van der Waals surface area (Å²) in [5.41, 5.74) is 0.965. The van der Waals surface area contributed by atoms with Crippen LogP contribution in [0.2, 0.25) is 0 Å². The molecule has 1 unspecified atom stereocenters. The zero-order chi connectivity index (χ0) is 15.2. The van der Waals surface area contributed by atoms with Gasteiger partial charge in [-0.1, -0.05) is 28.1 Å². The molecule has 22 heavy (non-hydrogen) atoms. The number of likely N-dealkylation sites (N-methyl/N-ethyl adjacent to an activating group) is 1. The summed E-state index contributed by atoms with van der Waals surface area (Å²) < 4.78 is 5.98. The normalized spacial score (nSPS) is 16.9. The van der Waals surface area contributed by atoms with Gasteiger partial charge in [-0.3, -0.25) is 4.90 Å². The van der Waals surface area contributed by atoms with Crippen LogP contribution in [0.25, 0.3) is 0 Å². The maximum atomic E-state index is 12.2. The molecule has 1 saturated heterocycles. The number of rotatable bonds is 5. The van der Waals surface area contributed by atoms with Crippen molar-refractivity contribution in [3.05, 3.63) is 34.3 Å². The van der Waals surface area contributed by atoms with E-state index < -0.39 is 0 Å². The highest BCUT2D eigenvalue weighted by molar-refractivity contribution is 9.10. The van der Waals surface area contributed by atoms with Crippen LogP contribution >= 0.6 is 28.3 Å². The van der Waals surface area contributed by atoms with E-state index in [0.717, 1.165) is 42.5 Å². The highest BCUT2D eigenvalue weighted by Crippen LogP contribution is 2.26. The Bertz CT molecular complexity index is 481. The average molecular weight is 392 g/mol. The number of hydrogen-bond donors (Lipinski definition) is 1. The fraction of sp³-hybridized carbons (Fsp3) is 0.562. The Morgan fingerprint density at radius 2 is 2.14 bits per heavy atom. The van der Waals surface area contributed by atoms with Gasteiger partial charge < -0.3 is 10.1 Å². The van der Waals surface area contributed by atoms with Crippen molar-refractivity contribution >= 4 is 34.3 Å². The zero-order valence-corrected chi connectivity index (χ0v) is 15.5. The first-order valence-corrected chi connectivity index (χ1v) is 8.15. The van der Waals surface area contributed by atoms with Gasteiger partial charge in [-0.15, -0.1) is 12.4 Å². The van der Waals surface area contributed by atoms with Crippen LogP contribution in [0.3, 0.4) is 0 Å². The molecule has 0 aliphatic carbocycles. The molecule has 1 fully saturated rings. The first-order chi connectivity index (χ1) is 10.1. The largest absolute Gasteiger partial charge is 0.468 e. The van der Waals surface area contributed by atoms with E-state index in [9.17, 15) is 4.79 Å². The predicted octanol–water partition coefficient (Wildman–Crippen LogP) is 3.02. The second-order valence-corrected chi connectivity index (χ2v) is 6.53. The van der Waals surface area contributed by atoms with Gasteiger partial charge in [0, 0.05) is 11.0 Å². The van der Waals surface area contributed by atoms with E-state index in [-0.39, 0.29) is 24.4 Å². The number of halogens is 2. The van der Waals surface area contributed by atoms with Crippen LogP contribution in [-0.2, 0) is 9.53 Å². The fourth-order valence-electron chi connectivity index (χ4n) is 2.94. The van der Waals surface area contributed by atoms with Gasteiger partial charge in [0.1, 0.15) is 6.04 Å². The Hall–Kier alpha value is -0.620. The minimum absolute atomic E-state index is 0. The number of carbonyl (C=O) groups excluding carboxylic acids is 1. The van der Waals surface area contributed by atoms with E-state index in [1.165, 1.54) is 7.11 Å². The number of esters is 1. The van der Waals surface area contributed by atoms with Gasteiger partial charge in [-0.2, -0.15) is 0 Å². The molecule has 0 saturated carbocycles. The van der Waals surface area contributed by atoms with E-state index in [4.69, 9.17) is 4.74 Å².